The number of rotatable bonds is 5. The van der Waals surface area contributed by atoms with Crippen molar-refractivity contribution in [2.24, 2.45) is 0 Å². The highest BCUT2D eigenvalue weighted by Gasteiger charge is 2.20. The number of fused-ring (bicyclic) bond motifs is 3. The minimum absolute atomic E-state index is 0.0390. The van der Waals surface area contributed by atoms with E-state index in [4.69, 9.17) is 9.47 Å². The lowest BCUT2D eigenvalue weighted by molar-refractivity contribution is -0.144. The summed E-state index contributed by atoms with van der Waals surface area (Å²) < 4.78 is 10.4. The van der Waals surface area contributed by atoms with Crippen LogP contribution in [0.5, 0.6) is 5.75 Å². The van der Waals surface area contributed by atoms with E-state index in [0.29, 0.717) is 11.2 Å². The average Bonchev–Trinajstić information content (AvgIpc) is 3.06. The van der Waals surface area contributed by atoms with Gasteiger partial charge in [0.25, 0.3) is 5.56 Å². The van der Waals surface area contributed by atoms with Crippen LogP contribution < -0.4 is 10.3 Å². The lowest BCUT2D eigenvalue weighted by Crippen LogP contribution is -2.15. The number of nitrogens with zero attached hydrogens (tertiary/aromatic N) is 1. The molecule has 1 aliphatic carbocycles. The Labute approximate surface area is 160 Å². The second-order valence-corrected chi connectivity index (χ2v) is 7.67. The molecule has 2 aromatic heterocycles. The summed E-state index contributed by atoms with van der Waals surface area (Å²) in [6, 6.07) is 7.24. The van der Waals surface area contributed by atoms with Crippen LogP contribution in [0.1, 0.15) is 34.7 Å². The number of H-pyrrole nitrogens is 1. The van der Waals surface area contributed by atoms with Crippen molar-refractivity contribution in [1.29, 1.82) is 0 Å². The Kier molecular flexibility index (Phi) is 4.94. The molecule has 2 heterocycles. The molecule has 3 aromatic rings. The van der Waals surface area contributed by atoms with E-state index in [2.05, 4.69) is 9.97 Å². The van der Waals surface area contributed by atoms with Crippen LogP contribution in [0, 0.1) is 0 Å². The van der Waals surface area contributed by atoms with Gasteiger partial charge in [-0.05, 0) is 48.9 Å². The molecule has 0 saturated carbocycles. The second-order valence-electron chi connectivity index (χ2n) is 6.59. The summed E-state index contributed by atoms with van der Waals surface area (Å²) in [5, 5.41) is 0.711. The van der Waals surface area contributed by atoms with Gasteiger partial charge in [0.2, 0.25) is 0 Å². The van der Waals surface area contributed by atoms with Crippen molar-refractivity contribution in [3.63, 3.8) is 0 Å². The summed E-state index contributed by atoms with van der Waals surface area (Å²) in [7, 11) is 1.60. The number of hydrogen-bond donors (Lipinski definition) is 1. The van der Waals surface area contributed by atoms with Gasteiger partial charge in [0.05, 0.1) is 18.9 Å². The predicted octanol–water partition coefficient (Wildman–Crippen LogP) is 3.16. The molecule has 0 saturated heterocycles. The standard InChI is InChI=1S/C20H20N2O4S/c1-25-13-8-6-12(7-9-13)10-17(23)26-11-16-21-19(24)18-14-4-2-3-5-15(14)27-20(18)22-16/h6-9H,2-5,10-11H2,1H3,(H,21,22,24). The zero-order chi connectivity index (χ0) is 18.8. The Balaban J connectivity index is 1.45. The topological polar surface area (TPSA) is 81.3 Å². The SMILES string of the molecule is COc1ccc(CC(=O)OCc2nc3sc4c(c3c(=O)[nH]2)CCCC4)cc1. The quantitative estimate of drug-likeness (QED) is 0.684. The van der Waals surface area contributed by atoms with Crippen molar-refractivity contribution >= 4 is 27.5 Å². The minimum Gasteiger partial charge on any atom is -0.497 e. The molecule has 6 nitrogen and oxygen atoms in total. The third-order valence-corrected chi connectivity index (χ3v) is 5.94. The van der Waals surface area contributed by atoms with Gasteiger partial charge in [-0.15, -0.1) is 11.3 Å². The molecule has 0 fully saturated rings. The van der Waals surface area contributed by atoms with Gasteiger partial charge in [0, 0.05) is 4.88 Å². The number of aryl methyl sites for hydroxylation is 2. The summed E-state index contributed by atoms with van der Waals surface area (Å²) >= 11 is 1.58. The molecule has 27 heavy (non-hydrogen) atoms. The molecule has 140 valence electrons. The first-order valence-electron chi connectivity index (χ1n) is 8.96. The average molecular weight is 384 g/mol. The van der Waals surface area contributed by atoms with Crippen molar-refractivity contribution < 1.29 is 14.3 Å². The Morgan fingerprint density at radius 1 is 1.22 bits per heavy atom. The van der Waals surface area contributed by atoms with Gasteiger partial charge in [-0.25, -0.2) is 4.98 Å². The van der Waals surface area contributed by atoms with E-state index >= 15 is 0 Å². The van der Waals surface area contributed by atoms with E-state index in [1.165, 1.54) is 4.88 Å². The monoisotopic (exact) mass is 384 g/mol. The lowest BCUT2D eigenvalue weighted by Gasteiger charge is -2.09. The number of methoxy groups -OCH3 is 1. The lowest BCUT2D eigenvalue weighted by atomic mass is 9.97. The molecule has 0 atom stereocenters. The molecule has 0 spiro atoms. The highest BCUT2D eigenvalue weighted by atomic mass is 32.1. The van der Waals surface area contributed by atoms with E-state index in [1.807, 2.05) is 12.1 Å². The van der Waals surface area contributed by atoms with Gasteiger partial charge in [-0.1, -0.05) is 12.1 Å². The van der Waals surface area contributed by atoms with Crippen molar-refractivity contribution in [2.75, 3.05) is 7.11 Å². The molecule has 0 amide bonds. The number of ether oxygens (including phenoxy) is 2. The normalized spacial score (nSPS) is 13.4. The molecule has 0 bridgehead atoms. The van der Waals surface area contributed by atoms with Crippen LogP contribution in [0.4, 0.5) is 0 Å². The largest absolute Gasteiger partial charge is 0.497 e. The maximum absolute atomic E-state index is 12.5. The van der Waals surface area contributed by atoms with Crippen LogP contribution >= 0.6 is 11.3 Å². The molecule has 0 radical (unpaired) electrons. The maximum Gasteiger partial charge on any atom is 0.310 e. The summed E-state index contributed by atoms with van der Waals surface area (Å²) in [5.74, 6) is 0.753. The van der Waals surface area contributed by atoms with Crippen molar-refractivity contribution in [3.8, 4) is 5.75 Å². The van der Waals surface area contributed by atoms with Gasteiger partial charge in [-0.3, -0.25) is 9.59 Å². The number of nitrogens with one attached hydrogen (secondary N) is 1. The van der Waals surface area contributed by atoms with E-state index in [1.54, 1.807) is 30.6 Å². The fourth-order valence-corrected chi connectivity index (χ4v) is 4.67. The first kappa shape index (κ1) is 17.7. The second kappa shape index (κ2) is 7.52. The Hall–Kier alpha value is -2.67. The number of carbonyl (C=O) groups is 1. The highest BCUT2D eigenvalue weighted by Crippen LogP contribution is 2.33. The molecule has 7 heteroatoms. The molecule has 0 unspecified atom stereocenters. The number of carbonyl (C=O) groups excluding carboxylic acids is 1. The van der Waals surface area contributed by atoms with E-state index in [9.17, 15) is 9.59 Å². The van der Waals surface area contributed by atoms with Gasteiger partial charge in [0.1, 0.15) is 23.0 Å². The zero-order valence-corrected chi connectivity index (χ0v) is 15.9. The zero-order valence-electron chi connectivity index (χ0n) is 15.0. The molecule has 4 rings (SSSR count). The van der Waals surface area contributed by atoms with Crippen LogP contribution in [-0.4, -0.2) is 23.0 Å². The van der Waals surface area contributed by atoms with E-state index < -0.39 is 0 Å². The number of aromatic amines is 1. The van der Waals surface area contributed by atoms with Crippen molar-refractivity contribution in [2.45, 2.75) is 38.7 Å². The third-order valence-electron chi connectivity index (χ3n) is 4.75. The number of esters is 1. The molecule has 1 aromatic carbocycles. The molecule has 0 aliphatic heterocycles. The first-order valence-corrected chi connectivity index (χ1v) is 9.77. The summed E-state index contributed by atoms with van der Waals surface area (Å²) in [5.41, 5.74) is 1.85. The molecular formula is C20H20N2O4S. The van der Waals surface area contributed by atoms with Gasteiger partial charge in [0.15, 0.2) is 0 Å². The number of thiophene rings is 1. The fraction of sp³-hybridized carbons (Fsp3) is 0.350. The Morgan fingerprint density at radius 3 is 2.78 bits per heavy atom. The van der Waals surface area contributed by atoms with E-state index in [0.717, 1.165) is 47.4 Å². The van der Waals surface area contributed by atoms with Crippen LogP contribution in [0.2, 0.25) is 0 Å². The van der Waals surface area contributed by atoms with Crippen LogP contribution in [0.3, 0.4) is 0 Å². The van der Waals surface area contributed by atoms with Crippen LogP contribution in [0.15, 0.2) is 29.1 Å². The Morgan fingerprint density at radius 2 is 2.00 bits per heavy atom. The van der Waals surface area contributed by atoms with Gasteiger partial charge < -0.3 is 14.5 Å². The molecule has 1 aliphatic rings. The third kappa shape index (κ3) is 3.73. The fourth-order valence-electron chi connectivity index (χ4n) is 3.39. The van der Waals surface area contributed by atoms with Crippen LogP contribution in [-0.2, 0) is 35.4 Å². The number of aromatic nitrogens is 2. The Bertz CT molecular complexity index is 1040. The van der Waals surface area contributed by atoms with Crippen LogP contribution in [0.25, 0.3) is 10.2 Å². The van der Waals surface area contributed by atoms with Crippen molar-refractivity contribution in [3.05, 3.63) is 56.4 Å². The maximum atomic E-state index is 12.5. The molecular weight excluding hydrogens is 364 g/mol. The summed E-state index contributed by atoms with van der Waals surface area (Å²) in [6.45, 7) is -0.0390. The smallest absolute Gasteiger partial charge is 0.310 e. The number of benzene rings is 1. The first-order chi connectivity index (χ1) is 13.1. The van der Waals surface area contributed by atoms with Gasteiger partial charge in [-0.2, -0.15) is 0 Å². The minimum atomic E-state index is -0.367. The van der Waals surface area contributed by atoms with Gasteiger partial charge >= 0.3 is 5.97 Å². The van der Waals surface area contributed by atoms with E-state index in [-0.39, 0.29) is 24.6 Å². The molecule has 1 N–H and O–H groups in total. The number of hydrogen-bond acceptors (Lipinski definition) is 6. The van der Waals surface area contributed by atoms with Crippen molar-refractivity contribution in [1.82, 2.24) is 9.97 Å². The summed E-state index contributed by atoms with van der Waals surface area (Å²) in [4.78, 5) is 33.9. The summed E-state index contributed by atoms with van der Waals surface area (Å²) in [6.07, 6.45) is 4.39. The predicted molar refractivity (Wildman–Crippen MR) is 103 cm³/mol. The highest BCUT2D eigenvalue weighted by molar-refractivity contribution is 7.18.